The number of nitrogens with one attached hydrogen (secondary N) is 1. The van der Waals surface area contributed by atoms with E-state index in [1.54, 1.807) is 6.26 Å². The third-order valence-electron chi connectivity index (χ3n) is 5.89. The van der Waals surface area contributed by atoms with Crippen molar-refractivity contribution in [2.24, 2.45) is 16.8 Å². The fraction of sp³-hybridized carbons (Fsp3) is 0.810. The van der Waals surface area contributed by atoms with E-state index in [1.165, 1.54) is 38.9 Å². The van der Waals surface area contributed by atoms with E-state index in [4.69, 9.17) is 4.52 Å². The molecule has 0 bridgehead atoms. The number of piperazine rings is 1. The van der Waals surface area contributed by atoms with E-state index in [0.717, 1.165) is 62.8 Å². The summed E-state index contributed by atoms with van der Waals surface area (Å²) in [7, 11) is 1.89. The zero-order valence-electron chi connectivity index (χ0n) is 17.9. The molecule has 2 aliphatic rings. The molecule has 1 aromatic heterocycles. The Balaban J connectivity index is 1.29. The highest BCUT2D eigenvalue weighted by atomic mass is 16.5. The van der Waals surface area contributed by atoms with Crippen LogP contribution in [0.3, 0.4) is 0 Å². The second-order valence-corrected chi connectivity index (χ2v) is 8.64. The van der Waals surface area contributed by atoms with E-state index in [0.29, 0.717) is 0 Å². The van der Waals surface area contributed by atoms with Gasteiger partial charge in [0.2, 0.25) is 0 Å². The van der Waals surface area contributed by atoms with Crippen molar-refractivity contribution in [3.05, 3.63) is 18.0 Å². The average Bonchev–Trinajstić information content (AvgIpc) is 3.18. The van der Waals surface area contributed by atoms with Crippen LogP contribution in [-0.2, 0) is 6.54 Å². The first-order valence-corrected chi connectivity index (χ1v) is 10.9. The number of aromatic nitrogens is 1. The minimum absolute atomic E-state index is 0.851. The normalized spacial score (nSPS) is 25.2. The van der Waals surface area contributed by atoms with Gasteiger partial charge in [-0.1, -0.05) is 19.0 Å². The third kappa shape index (κ3) is 6.48. The molecule has 0 radical (unpaired) electrons. The molecule has 1 N–H and O–H groups in total. The van der Waals surface area contributed by atoms with E-state index >= 15 is 0 Å². The van der Waals surface area contributed by atoms with Crippen molar-refractivity contribution in [2.75, 3.05) is 59.4 Å². The van der Waals surface area contributed by atoms with Gasteiger partial charge < -0.3 is 19.6 Å². The summed E-state index contributed by atoms with van der Waals surface area (Å²) in [6.07, 6.45) is 5.49. The molecule has 3 heterocycles. The number of likely N-dealkylation sites (tertiary alicyclic amines) is 1. The van der Waals surface area contributed by atoms with Crippen LogP contribution in [0.5, 0.6) is 0 Å². The van der Waals surface area contributed by atoms with Crippen molar-refractivity contribution >= 4 is 5.96 Å². The van der Waals surface area contributed by atoms with Crippen LogP contribution in [0.4, 0.5) is 0 Å². The molecular formula is C21H38N6O. The quantitative estimate of drug-likeness (QED) is 0.437. The summed E-state index contributed by atoms with van der Waals surface area (Å²) in [6.45, 7) is 14.5. The van der Waals surface area contributed by atoms with E-state index in [9.17, 15) is 0 Å². The van der Waals surface area contributed by atoms with Gasteiger partial charge in [0.1, 0.15) is 6.26 Å². The first kappa shape index (κ1) is 21.1. The summed E-state index contributed by atoms with van der Waals surface area (Å²) in [6, 6.07) is 1.94. The number of hydrogen-bond acceptors (Lipinski definition) is 5. The largest absolute Gasteiger partial charge is 0.364 e. The van der Waals surface area contributed by atoms with Gasteiger partial charge in [-0.25, -0.2) is 0 Å². The van der Waals surface area contributed by atoms with Crippen molar-refractivity contribution in [2.45, 2.75) is 39.7 Å². The lowest BCUT2D eigenvalue weighted by Crippen LogP contribution is -2.52. The molecule has 7 heteroatoms. The van der Waals surface area contributed by atoms with Gasteiger partial charge in [0.15, 0.2) is 5.96 Å². The van der Waals surface area contributed by atoms with Crippen LogP contribution in [0, 0.1) is 11.8 Å². The van der Waals surface area contributed by atoms with Crippen molar-refractivity contribution < 1.29 is 4.52 Å². The zero-order valence-corrected chi connectivity index (χ0v) is 17.9. The van der Waals surface area contributed by atoms with Gasteiger partial charge in [-0.15, -0.1) is 0 Å². The second kappa shape index (κ2) is 10.8. The number of piperidine rings is 1. The maximum atomic E-state index is 4.93. The van der Waals surface area contributed by atoms with Crippen LogP contribution >= 0.6 is 0 Å². The molecule has 0 saturated carbocycles. The average molecular weight is 391 g/mol. The molecule has 2 saturated heterocycles. The number of hydrogen-bond donors (Lipinski definition) is 1. The SMILES string of the molecule is CN=C(NCCCCN1CC(C)CC(C)C1)N1CCN(Cc2ccon2)CC1. The number of aliphatic imine (C=N–C) groups is 1. The maximum Gasteiger partial charge on any atom is 0.193 e. The first-order valence-electron chi connectivity index (χ1n) is 10.9. The van der Waals surface area contributed by atoms with E-state index in [-0.39, 0.29) is 0 Å². The molecule has 2 unspecified atom stereocenters. The second-order valence-electron chi connectivity index (χ2n) is 8.64. The molecule has 0 amide bonds. The van der Waals surface area contributed by atoms with E-state index in [1.807, 2.05) is 13.1 Å². The predicted molar refractivity (Wildman–Crippen MR) is 113 cm³/mol. The van der Waals surface area contributed by atoms with Gasteiger partial charge in [0, 0.05) is 65.5 Å². The van der Waals surface area contributed by atoms with Crippen LogP contribution in [0.15, 0.2) is 21.8 Å². The van der Waals surface area contributed by atoms with Crippen LogP contribution in [0.25, 0.3) is 0 Å². The topological polar surface area (TPSA) is 60.1 Å². The summed E-state index contributed by atoms with van der Waals surface area (Å²) < 4.78 is 4.93. The molecule has 0 aromatic carbocycles. The van der Waals surface area contributed by atoms with Gasteiger partial charge in [-0.2, -0.15) is 0 Å². The number of nitrogens with zero attached hydrogens (tertiary/aromatic N) is 5. The first-order chi connectivity index (χ1) is 13.6. The van der Waals surface area contributed by atoms with Crippen molar-refractivity contribution in [1.29, 1.82) is 0 Å². The highest BCUT2D eigenvalue weighted by Gasteiger charge is 2.22. The Kier molecular flexibility index (Phi) is 8.15. The number of unbranched alkanes of at least 4 members (excludes halogenated alkanes) is 1. The molecule has 2 atom stereocenters. The minimum Gasteiger partial charge on any atom is -0.364 e. The van der Waals surface area contributed by atoms with Crippen molar-refractivity contribution in [3.63, 3.8) is 0 Å². The molecule has 28 heavy (non-hydrogen) atoms. The van der Waals surface area contributed by atoms with Crippen molar-refractivity contribution in [1.82, 2.24) is 25.2 Å². The molecular weight excluding hydrogens is 352 g/mol. The molecule has 2 aliphatic heterocycles. The Morgan fingerprint density at radius 3 is 2.54 bits per heavy atom. The zero-order chi connectivity index (χ0) is 19.8. The third-order valence-corrected chi connectivity index (χ3v) is 5.89. The fourth-order valence-corrected chi connectivity index (χ4v) is 4.63. The predicted octanol–water partition coefficient (Wildman–Crippen LogP) is 2.13. The van der Waals surface area contributed by atoms with Crippen molar-refractivity contribution in [3.8, 4) is 0 Å². The standard InChI is InChI=1S/C21H38N6O/c1-18-14-19(2)16-26(15-18)8-5-4-7-23-21(22-3)27-11-9-25(10-12-27)17-20-6-13-28-24-20/h6,13,18-19H,4-5,7-12,14-17H2,1-3H3,(H,22,23). The van der Waals surface area contributed by atoms with Gasteiger partial charge in [-0.3, -0.25) is 9.89 Å². The Labute approximate surface area is 170 Å². The van der Waals surface area contributed by atoms with Crippen LogP contribution in [0.2, 0.25) is 0 Å². The lowest BCUT2D eigenvalue weighted by atomic mass is 9.92. The Morgan fingerprint density at radius 1 is 1.14 bits per heavy atom. The lowest BCUT2D eigenvalue weighted by Gasteiger charge is -2.36. The Hall–Kier alpha value is -1.60. The van der Waals surface area contributed by atoms with E-state index < -0.39 is 0 Å². The smallest absolute Gasteiger partial charge is 0.193 e. The Bertz CT molecular complexity index is 572. The van der Waals surface area contributed by atoms with Crippen LogP contribution in [0.1, 0.15) is 38.8 Å². The molecule has 7 nitrogen and oxygen atoms in total. The van der Waals surface area contributed by atoms with Gasteiger partial charge in [0.05, 0.1) is 5.69 Å². The highest BCUT2D eigenvalue weighted by molar-refractivity contribution is 5.79. The molecule has 0 spiro atoms. The monoisotopic (exact) mass is 390 g/mol. The number of rotatable bonds is 7. The Morgan fingerprint density at radius 2 is 1.89 bits per heavy atom. The molecule has 1 aromatic rings. The fourth-order valence-electron chi connectivity index (χ4n) is 4.63. The molecule has 0 aliphatic carbocycles. The van der Waals surface area contributed by atoms with Gasteiger partial charge >= 0.3 is 0 Å². The summed E-state index contributed by atoms with van der Waals surface area (Å²) >= 11 is 0. The van der Waals surface area contributed by atoms with Crippen LogP contribution < -0.4 is 5.32 Å². The summed E-state index contributed by atoms with van der Waals surface area (Å²) in [5.74, 6) is 2.74. The number of guanidine groups is 1. The van der Waals surface area contributed by atoms with Gasteiger partial charge in [-0.05, 0) is 37.6 Å². The van der Waals surface area contributed by atoms with Crippen LogP contribution in [-0.4, -0.2) is 85.2 Å². The maximum absolute atomic E-state index is 4.93. The molecule has 3 rings (SSSR count). The van der Waals surface area contributed by atoms with E-state index in [2.05, 4.69) is 44.0 Å². The summed E-state index contributed by atoms with van der Waals surface area (Å²) in [5.41, 5.74) is 1.01. The van der Waals surface area contributed by atoms with Gasteiger partial charge in [0.25, 0.3) is 0 Å². The lowest BCUT2D eigenvalue weighted by molar-refractivity contribution is 0.139. The summed E-state index contributed by atoms with van der Waals surface area (Å²) in [4.78, 5) is 11.9. The minimum atomic E-state index is 0.851. The summed E-state index contributed by atoms with van der Waals surface area (Å²) in [5, 5.41) is 7.58. The molecule has 158 valence electrons. The molecule has 2 fully saturated rings. The highest BCUT2D eigenvalue weighted by Crippen LogP contribution is 2.20.